The number of halogens is 1. The Labute approximate surface area is 289 Å². The molecule has 4 rings (SSSR count). The molecule has 6 unspecified atom stereocenters. The molecule has 0 spiro atoms. The van der Waals surface area contributed by atoms with Crippen molar-refractivity contribution in [2.75, 3.05) is 20.3 Å². The first kappa shape index (κ1) is 37.2. The molecule has 2 heterocycles. The molecule has 0 bridgehead atoms. The van der Waals surface area contributed by atoms with Crippen molar-refractivity contribution in [2.45, 2.75) is 104 Å². The van der Waals surface area contributed by atoms with E-state index in [4.69, 9.17) is 30.5 Å². The minimum atomic E-state index is -1.00. The molecule has 48 heavy (non-hydrogen) atoms. The first-order chi connectivity index (χ1) is 22.6. The van der Waals surface area contributed by atoms with Crippen LogP contribution in [-0.2, 0) is 19.1 Å². The molecule has 1 saturated heterocycles. The van der Waals surface area contributed by atoms with Crippen molar-refractivity contribution in [1.29, 1.82) is 0 Å². The van der Waals surface area contributed by atoms with Crippen LogP contribution in [0.25, 0.3) is 11.0 Å². The lowest BCUT2D eigenvalue weighted by molar-refractivity contribution is -0.157. The average molecular weight is 687 g/mol. The first-order valence-corrected chi connectivity index (χ1v) is 17.2. The van der Waals surface area contributed by atoms with E-state index in [-0.39, 0.29) is 36.0 Å². The van der Waals surface area contributed by atoms with Gasteiger partial charge in [-0.1, -0.05) is 59.2 Å². The molecule has 2 fully saturated rings. The number of likely N-dealkylation sites (tertiary alicyclic amines) is 1. The number of amides is 2. The van der Waals surface area contributed by atoms with Crippen LogP contribution in [0.5, 0.6) is 11.6 Å². The van der Waals surface area contributed by atoms with E-state index >= 15 is 0 Å². The van der Waals surface area contributed by atoms with Crippen LogP contribution < -0.4 is 14.8 Å². The third-order valence-electron chi connectivity index (χ3n) is 9.23. The summed E-state index contributed by atoms with van der Waals surface area (Å²) in [5, 5.41) is 2.90. The van der Waals surface area contributed by atoms with Crippen LogP contribution in [0.2, 0.25) is 5.15 Å². The van der Waals surface area contributed by atoms with Gasteiger partial charge in [0, 0.05) is 17.9 Å². The second-order valence-corrected chi connectivity index (χ2v) is 15.0. The Hall–Kier alpha value is -3.60. The third-order valence-corrected chi connectivity index (χ3v) is 9.48. The molecule has 1 aliphatic heterocycles. The Morgan fingerprint density at radius 2 is 1.94 bits per heavy atom. The van der Waals surface area contributed by atoms with Crippen molar-refractivity contribution in [3.8, 4) is 11.6 Å². The van der Waals surface area contributed by atoms with Crippen LogP contribution in [0.3, 0.4) is 0 Å². The van der Waals surface area contributed by atoms with E-state index < -0.39 is 53.1 Å². The van der Waals surface area contributed by atoms with Crippen molar-refractivity contribution >= 4 is 40.6 Å². The Kier molecular flexibility index (Phi) is 11.9. The number of allylic oxidation sites excluding steroid dienone is 1. The number of methoxy groups -OCH3 is 1. The monoisotopic (exact) mass is 686 g/mol. The van der Waals surface area contributed by atoms with Crippen LogP contribution in [-0.4, -0.2) is 76.9 Å². The number of nitrogens with zero attached hydrogens (tertiary/aromatic N) is 3. The van der Waals surface area contributed by atoms with Crippen molar-refractivity contribution in [2.24, 2.45) is 23.2 Å². The van der Waals surface area contributed by atoms with Crippen molar-refractivity contribution in [3.63, 3.8) is 0 Å². The molecule has 2 aromatic rings. The van der Waals surface area contributed by atoms with Crippen LogP contribution in [0.15, 0.2) is 30.9 Å². The summed E-state index contributed by atoms with van der Waals surface area (Å²) in [7, 11) is 1.56. The number of rotatable bonds is 14. The largest absolute Gasteiger partial charge is 0.497 e. The number of hydrogen-bond donors (Lipinski definition) is 1. The van der Waals surface area contributed by atoms with Gasteiger partial charge in [0.05, 0.1) is 31.3 Å². The maximum absolute atomic E-state index is 14.5. The zero-order valence-corrected chi connectivity index (χ0v) is 30.3. The second kappa shape index (κ2) is 15.3. The number of alkyl carbamates (subject to hydrolysis) is 1. The summed E-state index contributed by atoms with van der Waals surface area (Å²) in [5.41, 5.74) is -0.219. The van der Waals surface area contributed by atoms with Gasteiger partial charge in [0.25, 0.3) is 5.88 Å². The topological polar surface area (TPSA) is 129 Å². The summed E-state index contributed by atoms with van der Waals surface area (Å²) in [5.74, 6) is -0.378. The number of fused-ring (bicyclic) bond motifs is 1. The molecule has 1 aromatic carbocycles. The van der Waals surface area contributed by atoms with E-state index in [0.29, 0.717) is 23.2 Å². The van der Waals surface area contributed by atoms with Crippen molar-refractivity contribution in [3.05, 3.63) is 36.0 Å². The SMILES string of the molecule is C=CCCCC1CC1(C)OC(=O)NC(C(=O)N1CC(Oc2nc3cc(OC)ccc3nc2Cl)C(CC)C1C(=O)OCC(C)C)C(C)(C)C. The second-order valence-electron chi connectivity index (χ2n) is 14.6. The van der Waals surface area contributed by atoms with Gasteiger partial charge in [-0.15, -0.1) is 6.58 Å². The predicted octanol–water partition coefficient (Wildman–Crippen LogP) is 6.75. The Bertz CT molecular complexity index is 1490. The summed E-state index contributed by atoms with van der Waals surface area (Å²) in [6, 6.07) is 3.28. The normalized spacial score (nSPS) is 24.2. The Balaban J connectivity index is 1.60. The van der Waals surface area contributed by atoms with Crippen LogP contribution in [0.4, 0.5) is 4.79 Å². The minimum absolute atomic E-state index is 0.0410. The number of aromatic nitrogens is 2. The fourth-order valence-corrected chi connectivity index (χ4v) is 6.52. The van der Waals surface area contributed by atoms with Gasteiger partial charge in [-0.3, -0.25) is 4.79 Å². The number of carbonyl (C=O) groups excluding carboxylic acids is 3. The first-order valence-electron chi connectivity index (χ1n) is 16.9. The van der Waals surface area contributed by atoms with E-state index in [2.05, 4.69) is 21.9 Å². The number of nitrogens with one attached hydrogen (secondary N) is 1. The van der Waals surface area contributed by atoms with Gasteiger partial charge in [0.2, 0.25) is 5.91 Å². The van der Waals surface area contributed by atoms with Gasteiger partial charge in [-0.05, 0) is 62.5 Å². The molecule has 2 amide bonds. The number of esters is 1. The maximum atomic E-state index is 14.5. The fourth-order valence-electron chi connectivity index (χ4n) is 6.34. The summed E-state index contributed by atoms with van der Waals surface area (Å²) in [6.07, 6.45) is 4.64. The number of unbranched alkanes of at least 4 members (excludes halogenated alkanes) is 1. The lowest BCUT2D eigenvalue weighted by Gasteiger charge is -2.35. The van der Waals surface area contributed by atoms with E-state index in [9.17, 15) is 14.4 Å². The average Bonchev–Trinajstić information content (AvgIpc) is 3.50. The van der Waals surface area contributed by atoms with Gasteiger partial charge in [0.1, 0.15) is 29.5 Å². The maximum Gasteiger partial charge on any atom is 0.408 e. The van der Waals surface area contributed by atoms with Gasteiger partial charge < -0.3 is 29.2 Å². The molecule has 1 N–H and O–H groups in total. The molecule has 1 aliphatic carbocycles. The number of hydrogen-bond acceptors (Lipinski definition) is 9. The molecular weight excluding hydrogens is 636 g/mol. The molecule has 2 aliphatic rings. The smallest absolute Gasteiger partial charge is 0.408 e. The lowest BCUT2D eigenvalue weighted by atomic mass is 9.85. The minimum Gasteiger partial charge on any atom is -0.497 e. The highest BCUT2D eigenvalue weighted by molar-refractivity contribution is 6.31. The van der Waals surface area contributed by atoms with Gasteiger partial charge in [-0.25, -0.2) is 19.6 Å². The van der Waals surface area contributed by atoms with E-state index in [0.717, 1.165) is 25.7 Å². The zero-order chi connectivity index (χ0) is 35.4. The molecule has 6 atom stereocenters. The quantitative estimate of drug-likeness (QED) is 0.130. The highest BCUT2D eigenvalue weighted by atomic mass is 35.5. The number of ether oxygens (including phenoxy) is 4. The van der Waals surface area contributed by atoms with Crippen LogP contribution in [0, 0.1) is 23.2 Å². The lowest BCUT2D eigenvalue weighted by Crippen LogP contribution is -2.57. The summed E-state index contributed by atoms with van der Waals surface area (Å²) in [4.78, 5) is 52.0. The fraction of sp³-hybridized carbons (Fsp3) is 0.639. The molecule has 0 radical (unpaired) electrons. The molecular formula is C36H51ClN4O7. The third kappa shape index (κ3) is 8.70. The van der Waals surface area contributed by atoms with Crippen molar-refractivity contribution in [1.82, 2.24) is 20.2 Å². The zero-order valence-electron chi connectivity index (χ0n) is 29.5. The predicted molar refractivity (Wildman–Crippen MR) is 184 cm³/mol. The number of benzene rings is 1. The van der Waals surface area contributed by atoms with Gasteiger partial charge in [-0.2, -0.15) is 0 Å². The van der Waals surface area contributed by atoms with E-state index in [1.807, 2.05) is 54.5 Å². The summed E-state index contributed by atoms with van der Waals surface area (Å²) in [6.45, 7) is 17.3. The van der Waals surface area contributed by atoms with Crippen LogP contribution in [0.1, 0.15) is 80.6 Å². The molecule has 12 heteroatoms. The number of carbonyl (C=O) groups is 3. The summed E-state index contributed by atoms with van der Waals surface area (Å²) >= 11 is 6.53. The summed E-state index contributed by atoms with van der Waals surface area (Å²) < 4.78 is 23.3. The molecule has 1 aromatic heterocycles. The van der Waals surface area contributed by atoms with Crippen molar-refractivity contribution < 1.29 is 33.3 Å². The van der Waals surface area contributed by atoms with Gasteiger partial charge in [0.15, 0.2) is 5.15 Å². The molecule has 1 saturated carbocycles. The molecule has 264 valence electrons. The van der Waals surface area contributed by atoms with E-state index in [1.54, 1.807) is 25.3 Å². The Morgan fingerprint density at radius 3 is 2.56 bits per heavy atom. The Morgan fingerprint density at radius 1 is 1.21 bits per heavy atom. The van der Waals surface area contributed by atoms with Crippen LogP contribution >= 0.6 is 11.6 Å². The van der Waals surface area contributed by atoms with Gasteiger partial charge >= 0.3 is 12.1 Å². The molecule has 11 nitrogen and oxygen atoms in total. The van der Waals surface area contributed by atoms with E-state index in [1.165, 1.54) is 4.90 Å². The highest BCUT2D eigenvalue weighted by Crippen LogP contribution is 2.49. The highest BCUT2D eigenvalue weighted by Gasteiger charge is 2.55. The standard InChI is InChI=1S/C36H51ClN4O7/c1-10-12-13-14-22-18-36(22,8)48-34(44)40-29(35(5,6)7)32(42)41-19-27(24(11-2)28(41)33(43)46-20-21(3)4)47-31-30(37)38-25-16-15-23(45-9)17-26(25)39-31/h10,15-17,21-22,24,27-29H,1,11-14,18-20H2,2-9H3,(H,40,44).